The Labute approximate surface area is 81.1 Å². The van der Waals surface area contributed by atoms with Crippen molar-refractivity contribution in [2.24, 2.45) is 5.92 Å². The Kier molecular flexibility index (Phi) is 3.28. The van der Waals surface area contributed by atoms with Crippen LogP contribution < -0.4 is 0 Å². The fourth-order valence-corrected chi connectivity index (χ4v) is 0.942. The Morgan fingerprint density at radius 3 is 2.71 bits per heavy atom. The largest absolute Gasteiger partial charge is 0.468 e. The van der Waals surface area contributed by atoms with E-state index in [0.717, 1.165) is 0 Å². The predicted octanol–water partition coefficient (Wildman–Crippen LogP) is 0.468. The first-order valence-electron chi connectivity index (χ1n) is 4.05. The summed E-state index contributed by atoms with van der Waals surface area (Å²) in [5.74, 6) is -1.75. The number of hydrogen-bond donors (Lipinski definition) is 0. The summed E-state index contributed by atoms with van der Waals surface area (Å²) >= 11 is 0. The zero-order valence-electron chi connectivity index (χ0n) is 7.93. The maximum atomic E-state index is 11.6. The summed E-state index contributed by atoms with van der Waals surface area (Å²) in [5.41, 5.74) is 0.220. The first kappa shape index (κ1) is 10.3. The van der Waals surface area contributed by atoms with E-state index in [1.807, 2.05) is 0 Å². The third kappa shape index (κ3) is 2.12. The highest BCUT2D eigenvalue weighted by Crippen LogP contribution is 2.06. The first-order chi connectivity index (χ1) is 6.66. The van der Waals surface area contributed by atoms with Crippen molar-refractivity contribution in [1.82, 2.24) is 9.97 Å². The topological polar surface area (TPSA) is 69.2 Å². The second-order valence-electron chi connectivity index (χ2n) is 2.70. The molecule has 0 aliphatic carbocycles. The van der Waals surface area contributed by atoms with Crippen LogP contribution in [0.25, 0.3) is 0 Å². The molecule has 1 heterocycles. The molecule has 0 radical (unpaired) electrons. The lowest BCUT2D eigenvalue weighted by molar-refractivity contribution is -0.143. The molecule has 1 aromatic rings. The quantitative estimate of drug-likeness (QED) is 0.397. The normalized spacial score (nSPS) is 11.9. The molecule has 1 unspecified atom stereocenters. The third-order valence-electron chi connectivity index (χ3n) is 1.78. The first-order valence-corrected chi connectivity index (χ1v) is 4.05. The molecule has 5 heteroatoms. The van der Waals surface area contributed by atoms with Crippen molar-refractivity contribution in [2.45, 2.75) is 6.92 Å². The van der Waals surface area contributed by atoms with Gasteiger partial charge in [-0.2, -0.15) is 0 Å². The van der Waals surface area contributed by atoms with Crippen molar-refractivity contribution in [2.75, 3.05) is 7.11 Å². The van der Waals surface area contributed by atoms with Crippen LogP contribution in [-0.2, 0) is 9.53 Å². The van der Waals surface area contributed by atoms with Crippen LogP contribution in [-0.4, -0.2) is 28.8 Å². The molecule has 14 heavy (non-hydrogen) atoms. The van der Waals surface area contributed by atoms with Crippen molar-refractivity contribution in [3.63, 3.8) is 0 Å². The van der Waals surface area contributed by atoms with Gasteiger partial charge in [-0.3, -0.25) is 9.59 Å². The van der Waals surface area contributed by atoms with E-state index in [9.17, 15) is 9.59 Å². The molecular weight excluding hydrogens is 184 g/mol. The van der Waals surface area contributed by atoms with Crippen molar-refractivity contribution < 1.29 is 14.3 Å². The maximum Gasteiger partial charge on any atom is 0.316 e. The van der Waals surface area contributed by atoms with E-state index >= 15 is 0 Å². The van der Waals surface area contributed by atoms with Crippen LogP contribution in [0.5, 0.6) is 0 Å². The molecule has 0 spiro atoms. The third-order valence-corrected chi connectivity index (χ3v) is 1.78. The molecule has 0 fully saturated rings. The summed E-state index contributed by atoms with van der Waals surface area (Å²) < 4.78 is 4.45. The number of Topliss-reactive ketones (excluding diaryl/α,β-unsaturated/α-hetero) is 1. The molecular formula is C9H10N2O3. The standard InChI is InChI=1S/C9H10N2O3/c1-6(9(13)14-2)8(12)7-3-4-10-5-11-7/h3-6H,1-2H3. The molecule has 0 aliphatic rings. The minimum atomic E-state index is -0.824. The highest BCUT2D eigenvalue weighted by molar-refractivity contribution is 6.07. The van der Waals surface area contributed by atoms with Gasteiger partial charge in [0.05, 0.1) is 7.11 Å². The van der Waals surface area contributed by atoms with Gasteiger partial charge in [-0.05, 0) is 13.0 Å². The summed E-state index contributed by atoms with van der Waals surface area (Å²) in [6.45, 7) is 1.48. The van der Waals surface area contributed by atoms with Crippen LogP contribution in [0.1, 0.15) is 17.4 Å². The number of methoxy groups -OCH3 is 1. The monoisotopic (exact) mass is 194 g/mol. The average molecular weight is 194 g/mol. The lowest BCUT2D eigenvalue weighted by Gasteiger charge is -2.06. The Balaban J connectivity index is 2.81. The van der Waals surface area contributed by atoms with Crippen molar-refractivity contribution in [1.29, 1.82) is 0 Å². The Hall–Kier alpha value is -1.78. The summed E-state index contributed by atoms with van der Waals surface area (Å²) in [6.07, 6.45) is 2.71. The zero-order chi connectivity index (χ0) is 10.6. The lowest BCUT2D eigenvalue weighted by Crippen LogP contribution is -2.23. The van der Waals surface area contributed by atoms with Crippen LogP contribution in [0.15, 0.2) is 18.6 Å². The number of rotatable bonds is 3. The fourth-order valence-electron chi connectivity index (χ4n) is 0.942. The summed E-state index contributed by atoms with van der Waals surface area (Å²) in [7, 11) is 1.24. The van der Waals surface area contributed by atoms with Gasteiger partial charge in [0.2, 0.25) is 0 Å². The Morgan fingerprint density at radius 1 is 1.50 bits per heavy atom. The van der Waals surface area contributed by atoms with Gasteiger partial charge in [-0.15, -0.1) is 0 Å². The SMILES string of the molecule is COC(=O)C(C)C(=O)c1ccncn1. The van der Waals surface area contributed by atoms with E-state index in [1.165, 1.54) is 32.6 Å². The zero-order valence-corrected chi connectivity index (χ0v) is 7.93. The molecule has 5 nitrogen and oxygen atoms in total. The average Bonchev–Trinajstić information content (AvgIpc) is 2.27. The Morgan fingerprint density at radius 2 is 2.21 bits per heavy atom. The van der Waals surface area contributed by atoms with Crippen LogP contribution in [0.2, 0.25) is 0 Å². The maximum absolute atomic E-state index is 11.6. The van der Waals surface area contributed by atoms with E-state index in [4.69, 9.17) is 0 Å². The minimum absolute atomic E-state index is 0.220. The van der Waals surface area contributed by atoms with Gasteiger partial charge in [0.15, 0.2) is 5.78 Å². The van der Waals surface area contributed by atoms with Crippen LogP contribution in [0.4, 0.5) is 0 Å². The van der Waals surface area contributed by atoms with E-state index in [2.05, 4.69) is 14.7 Å². The molecule has 1 rings (SSSR count). The number of hydrogen-bond acceptors (Lipinski definition) is 5. The molecule has 0 saturated carbocycles. The molecule has 0 N–H and O–H groups in total. The van der Waals surface area contributed by atoms with E-state index in [-0.39, 0.29) is 11.5 Å². The van der Waals surface area contributed by atoms with E-state index in [0.29, 0.717) is 0 Å². The van der Waals surface area contributed by atoms with Gasteiger partial charge < -0.3 is 4.74 Å². The number of carbonyl (C=O) groups is 2. The number of nitrogens with zero attached hydrogens (tertiary/aromatic N) is 2. The van der Waals surface area contributed by atoms with E-state index in [1.54, 1.807) is 0 Å². The number of ketones is 1. The van der Waals surface area contributed by atoms with Gasteiger partial charge in [0, 0.05) is 6.20 Å². The molecule has 0 bridgehead atoms. The molecule has 74 valence electrons. The van der Waals surface area contributed by atoms with Gasteiger partial charge >= 0.3 is 5.97 Å². The molecule has 0 saturated heterocycles. The number of aromatic nitrogens is 2. The van der Waals surface area contributed by atoms with Gasteiger partial charge in [-0.25, -0.2) is 9.97 Å². The molecule has 1 aromatic heterocycles. The molecule has 0 amide bonds. The van der Waals surface area contributed by atoms with Gasteiger partial charge in [0.25, 0.3) is 0 Å². The number of carbonyl (C=O) groups excluding carboxylic acids is 2. The van der Waals surface area contributed by atoms with Crippen molar-refractivity contribution >= 4 is 11.8 Å². The van der Waals surface area contributed by atoms with Crippen molar-refractivity contribution in [3.05, 3.63) is 24.3 Å². The minimum Gasteiger partial charge on any atom is -0.468 e. The Bertz CT molecular complexity index is 337. The highest BCUT2D eigenvalue weighted by atomic mass is 16.5. The number of ether oxygens (including phenoxy) is 1. The van der Waals surface area contributed by atoms with Crippen molar-refractivity contribution in [3.8, 4) is 0 Å². The fraction of sp³-hybridized carbons (Fsp3) is 0.333. The van der Waals surface area contributed by atoms with Crippen LogP contribution in [0, 0.1) is 5.92 Å². The van der Waals surface area contributed by atoms with Crippen LogP contribution in [0.3, 0.4) is 0 Å². The molecule has 1 atom stereocenters. The second-order valence-corrected chi connectivity index (χ2v) is 2.70. The summed E-state index contributed by atoms with van der Waals surface area (Å²) in [5, 5.41) is 0. The van der Waals surface area contributed by atoms with Gasteiger partial charge in [-0.1, -0.05) is 0 Å². The highest BCUT2D eigenvalue weighted by Gasteiger charge is 2.24. The molecule has 0 aliphatic heterocycles. The summed E-state index contributed by atoms with van der Waals surface area (Å²) in [6, 6.07) is 1.46. The second kappa shape index (κ2) is 4.45. The molecule has 0 aromatic carbocycles. The summed E-state index contributed by atoms with van der Waals surface area (Å²) in [4.78, 5) is 30.0. The van der Waals surface area contributed by atoms with E-state index < -0.39 is 11.9 Å². The smallest absolute Gasteiger partial charge is 0.316 e. The van der Waals surface area contributed by atoms with Crippen LogP contribution >= 0.6 is 0 Å². The predicted molar refractivity (Wildman–Crippen MR) is 47.5 cm³/mol. The van der Waals surface area contributed by atoms with Gasteiger partial charge in [0.1, 0.15) is 17.9 Å². The number of esters is 1. The lowest BCUT2D eigenvalue weighted by atomic mass is 10.0.